The summed E-state index contributed by atoms with van der Waals surface area (Å²) in [5.41, 5.74) is 8.28. The monoisotopic (exact) mass is 247 g/mol. The van der Waals surface area contributed by atoms with Gasteiger partial charge in [0.15, 0.2) is 5.16 Å². The molecule has 0 unspecified atom stereocenters. The standard InChI is InChI=1S/C12H13N3OS/c13-11-3-1-9(2-4-11)8-17-12-14-5-10(7-16)6-15-12/h1-6,16H,7-8,13H2. The van der Waals surface area contributed by atoms with Gasteiger partial charge in [0.1, 0.15) is 0 Å². The zero-order chi connectivity index (χ0) is 12.1. The van der Waals surface area contributed by atoms with Crippen molar-refractivity contribution in [3.8, 4) is 0 Å². The van der Waals surface area contributed by atoms with Gasteiger partial charge in [0.25, 0.3) is 0 Å². The van der Waals surface area contributed by atoms with E-state index in [1.807, 2.05) is 24.3 Å². The van der Waals surface area contributed by atoms with Crippen LogP contribution in [0.15, 0.2) is 41.8 Å². The molecule has 0 fully saturated rings. The Balaban J connectivity index is 1.95. The first kappa shape index (κ1) is 11.9. The Bertz CT molecular complexity index is 470. The molecule has 0 aliphatic rings. The Labute approximate surface area is 104 Å². The van der Waals surface area contributed by atoms with Gasteiger partial charge in [-0.05, 0) is 17.7 Å². The van der Waals surface area contributed by atoms with E-state index in [-0.39, 0.29) is 6.61 Å². The van der Waals surface area contributed by atoms with Crippen molar-refractivity contribution >= 4 is 17.4 Å². The molecule has 1 heterocycles. The summed E-state index contributed by atoms with van der Waals surface area (Å²) in [7, 11) is 0. The van der Waals surface area contributed by atoms with Gasteiger partial charge in [0.05, 0.1) is 6.61 Å². The number of nitrogens with two attached hydrogens (primary N) is 1. The molecule has 2 rings (SSSR count). The van der Waals surface area contributed by atoms with Crippen LogP contribution in [0.4, 0.5) is 5.69 Å². The molecule has 0 aliphatic carbocycles. The van der Waals surface area contributed by atoms with Gasteiger partial charge in [-0.3, -0.25) is 0 Å². The molecule has 0 spiro atoms. The maximum absolute atomic E-state index is 8.86. The van der Waals surface area contributed by atoms with Gasteiger partial charge < -0.3 is 10.8 Å². The maximum atomic E-state index is 8.86. The summed E-state index contributed by atoms with van der Waals surface area (Å²) in [5, 5.41) is 9.57. The molecule has 5 heteroatoms. The third kappa shape index (κ3) is 3.44. The van der Waals surface area contributed by atoms with Crippen LogP contribution in [0.3, 0.4) is 0 Å². The predicted octanol–water partition coefficient (Wildman–Crippen LogP) is 1.84. The van der Waals surface area contributed by atoms with Crippen LogP contribution in [-0.2, 0) is 12.4 Å². The van der Waals surface area contributed by atoms with Crippen molar-refractivity contribution < 1.29 is 5.11 Å². The van der Waals surface area contributed by atoms with Crippen molar-refractivity contribution in [3.05, 3.63) is 47.8 Å². The van der Waals surface area contributed by atoms with E-state index in [0.717, 1.165) is 17.0 Å². The minimum absolute atomic E-state index is 0.0249. The third-order valence-corrected chi connectivity index (χ3v) is 3.16. The highest BCUT2D eigenvalue weighted by atomic mass is 32.2. The number of rotatable bonds is 4. The molecule has 0 aliphatic heterocycles. The molecule has 88 valence electrons. The van der Waals surface area contributed by atoms with E-state index in [9.17, 15) is 0 Å². The lowest BCUT2D eigenvalue weighted by molar-refractivity contribution is 0.280. The number of anilines is 1. The normalized spacial score (nSPS) is 10.4. The summed E-state index contributed by atoms with van der Waals surface area (Å²) in [5.74, 6) is 0.804. The van der Waals surface area contributed by atoms with Crippen LogP contribution in [-0.4, -0.2) is 15.1 Å². The van der Waals surface area contributed by atoms with Gasteiger partial charge in [-0.1, -0.05) is 23.9 Å². The number of hydrogen-bond donors (Lipinski definition) is 2. The zero-order valence-electron chi connectivity index (χ0n) is 9.21. The molecule has 17 heavy (non-hydrogen) atoms. The average Bonchev–Trinajstić information content (AvgIpc) is 2.39. The van der Waals surface area contributed by atoms with Gasteiger partial charge in [-0.15, -0.1) is 0 Å². The average molecular weight is 247 g/mol. The van der Waals surface area contributed by atoms with Crippen LogP contribution >= 0.6 is 11.8 Å². The Kier molecular flexibility index (Phi) is 3.95. The van der Waals surface area contributed by atoms with E-state index in [1.165, 1.54) is 5.56 Å². The first-order valence-corrected chi connectivity index (χ1v) is 6.15. The molecular formula is C12H13N3OS. The number of nitrogen functional groups attached to an aromatic ring is 1. The second-order valence-corrected chi connectivity index (χ2v) is 4.50. The van der Waals surface area contributed by atoms with Crippen LogP contribution in [0.5, 0.6) is 0 Å². The topological polar surface area (TPSA) is 72.0 Å². The maximum Gasteiger partial charge on any atom is 0.187 e. The van der Waals surface area contributed by atoms with Gasteiger partial charge in [-0.2, -0.15) is 0 Å². The SMILES string of the molecule is Nc1ccc(CSc2ncc(CO)cn2)cc1. The first-order valence-electron chi connectivity index (χ1n) is 5.17. The lowest BCUT2D eigenvalue weighted by atomic mass is 10.2. The number of nitrogens with zero attached hydrogens (tertiary/aromatic N) is 2. The molecule has 0 atom stereocenters. The quantitative estimate of drug-likeness (QED) is 0.490. The molecule has 0 saturated carbocycles. The summed E-state index contributed by atoms with van der Waals surface area (Å²) in [4.78, 5) is 8.30. The molecule has 1 aromatic carbocycles. The minimum Gasteiger partial charge on any atom is -0.399 e. The van der Waals surface area contributed by atoms with Crippen molar-refractivity contribution in [2.75, 3.05) is 5.73 Å². The molecular weight excluding hydrogens is 234 g/mol. The molecule has 2 aromatic rings. The van der Waals surface area contributed by atoms with Gasteiger partial charge in [-0.25, -0.2) is 9.97 Å². The van der Waals surface area contributed by atoms with E-state index < -0.39 is 0 Å². The zero-order valence-corrected chi connectivity index (χ0v) is 10.0. The Hall–Kier alpha value is -1.59. The van der Waals surface area contributed by atoms with E-state index in [4.69, 9.17) is 10.8 Å². The fourth-order valence-corrected chi connectivity index (χ4v) is 2.00. The number of hydrogen-bond acceptors (Lipinski definition) is 5. The summed E-state index contributed by atoms with van der Waals surface area (Å²) in [6.07, 6.45) is 3.27. The van der Waals surface area contributed by atoms with Crippen LogP contribution in [0.1, 0.15) is 11.1 Å². The number of thioether (sulfide) groups is 1. The van der Waals surface area contributed by atoms with E-state index in [2.05, 4.69) is 9.97 Å². The molecule has 0 bridgehead atoms. The highest BCUT2D eigenvalue weighted by Gasteiger charge is 1.99. The van der Waals surface area contributed by atoms with Crippen molar-refractivity contribution in [1.82, 2.24) is 9.97 Å². The van der Waals surface area contributed by atoms with Gasteiger partial charge in [0.2, 0.25) is 0 Å². The van der Waals surface area contributed by atoms with E-state index >= 15 is 0 Å². The molecule has 3 N–H and O–H groups in total. The van der Waals surface area contributed by atoms with E-state index in [1.54, 1.807) is 24.2 Å². The Morgan fingerprint density at radius 2 is 1.71 bits per heavy atom. The minimum atomic E-state index is -0.0249. The highest BCUT2D eigenvalue weighted by molar-refractivity contribution is 7.98. The summed E-state index contributed by atoms with van der Waals surface area (Å²) >= 11 is 1.55. The van der Waals surface area contributed by atoms with Crippen LogP contribution in [0.25, 0.3) is 0 Å². The second kappa shape index (κ2) is 5.65. The van der Waals surface area contributed by atoms with Crippen molar-refractivity contribution in [3.63, 3.8) is 0 Å². The van der Waals surface area contributed by atoms with Crippen molar-refractivity contribution in [2.24, 2.45) is 0 Å². The lowest BCUT2D eigenvalue weighted by Gasteiger charge is -2.02. The highest BCUT2D eigenvalue weighted by Crippen LogP contribution is 2.19. The molecule has 4 nitrogen and oxygen atoms in total. The van der Waals surface area contributed by atoms with Gasteiger partial charge in [0, 0.05) is 29.4 Å². The largest absolute Gasteiger partial charge is 0.399 e. The molecule has 0 saturated heterocycles. The number of aliphatic hydroxyl groups excluding tert-OH is 1. The van der Waals surface area contributed by atoms with Crippen LogP contribution in [0.2, 0.25) is 0 Å². The number of aromatic nitrogens is 2. The summed E-state index contributed by atoms with van der Waals surface area (Å²) in [6, 6.07) is 7.74. The molecule has 1 aromatic heterocycles. The third-order valence-electron chi connectivity index (χ3n) is 2.21. The van der Waals surface area contributed by atoms with Crippen molar-refractivity contribution in [1.29, 1.82) is 0 Å². The Morgan fingerprint density at radius 1 is 1.06 bits per heavy atom. The Morgan fingerprint density at radius 3 is 2.29 bits per heavy atom. The molecule has 0 amide bonds. The second-order valence-electron chi connectivity index (χ2n) is 3.56. The van der Waals surface area contributed by atoms with Crippen LogP contribution < -0.4 is 5.73 Å². The summed E-state index contributed by atoms with van der Waals surface area (Å²) in [6.45, 7) is -0.0249. The fraction of sp³-hybridized carbons (Fsp3) is 0.167. The predicted molar refractivity (Wildman–Crippen MR) is 68.4 cm³/mol. The fourth-order valence-electron chi connectivity index (χ4n) is 1.26. The van der Waals surface area contributed by atoms with Gasteiger partial charge >= 0.3 is 0 Å². The summed E-state index contributed by atoms with van der Waals surface area (Å²) < 4.78 is 0. The van der Waals surface area contributed by atoms with Crippen LogP contribution in [0, 0.1) is 0 Å². The van der Waals surface area contributed by atoms with E-state index in [0.29, 0.717) is 5.16 Å². The first-order chi connectivity index (χ1) is 8.28. The molecule has 0 radical (unpaired) electrons. The van der Waals surface area contributed by atoms with Crippen molar-refractivity contribution in [2.45, 2.75) is 17.5 Å². The number of aliphatic hydroxyl groups is 1. The smallest absolute Gasteiger partial charge is 0.187 e. The number of benzene rings is 1. The lowest BCUT2D eigenvalue weighted by Crippen LogP contribution is -1.91.